The van der Waals surface area contributed by atoms with E-state index < -0.39 is 23.6 Å². The number of esters is 1. The van der Waals surface area contributed by atoms with Gasteiger partial charge in [0, 0.05) is 23.1 Å². The second-order valence-electron chi connectivity index (χ2n) is 7.94. The Hall–Kier alpha value is -4.11. The number of nitrogens with zero attached hydrogens (tertiary/aromatic N) is 2. The SMILES string of the molecule is CCOC(=O)C(C)C(=O)Nc1ccc(Cl)c(F)c1.Cc1c(-c2ccccn2)nc2cccc(F)c2c1N. The summed E-state index contributed by atoms with van der Waals surface area (Å²) < 4.78 is 31.7. The van der Waals surface area contributed by atoms with Crippen LogP contribution in [0.1, 0.15) is 19.4 Å². The molecule has 4 aromatic rings. The first kappa shape index (κ1) is 27.5. The topological polar surface area (TPSA) is 107 Å². The predicted molar refractivity (Wildman–Crippen MR) is 140 cm³/mol. The third-order valence-corrected chi connectivity index (χ3v) is 5.69. The molecule has 37 heavy (non-hydrogen) atoms. The number of carbonyl (C=O) groups is 2. The van der Waals surface area contributed by atoms with Gasteiger partial charge in [-0.1, -0.05) is 23.7 Å². The van der Waals surface area contributed by atoms with Crippen LogP contribution in [0.3, 0.4) is 0 Å². The number of hydrogen-bond acceptors (Lipinski definition) is 6. The molecule has 1 unspecified atom stereocenters. The molecule has 10 heteroatoms. The highest BCUT2D eigenvalue weighted by molar-refractivity contribution is 6.30. The fourth-order valence-corrected chi connectivity index (χ4v) is 3.46. The van der Waals surface area contributed by atoms with E-state index in [1.54, 1.807) is 25.3 Å². The number of ether oxygens (including phenoxy) is 1. The summed E-state index contributed by atoms with van der Waals surface area (Å²) in [4.78, 5) is 31.7. The van der Waals surface area contributed by atoms with Crippen LogP contribution in [0.5, 0.6) is 0 Å². The molecule has 0 bridgehead atoms. The van der Waals surface area contributed by atoms with Crippen molar-refractivity contribution in [3.8, 4) is 11.4 Å². The number of anilines is 2. The molecular formula is C27H25ClF2N4O3. The summed E-state index contributed by atoms with van der Waals surface area (Å²) in [7, 11) is 0. The van der Waals surface area contributed by atoms with Gasteiger partial charge in [0.2, 0.25) is 5.91 Å². The lowest BCUT2D eigenvalue weighted by Gasteiger charge is -2.11. The van der Waals surface area contributed by atoms with Crippen LogP contribution in [0, 0.1) is 24.5 Å². The molecule has 0 aliphatic heterocycles. The largest absolute Gasteiger partial charge is 0.465 e. The molecule has 4 rings (SSSR count). The third-order valence-electron chi connectivity index (χ3n) is 5.38. The van der Waals surface area contributed by atoms with Gasteiger partial charge in [0.05, 0.1) is 33.9 Å². The van der Waals surface area contributed by atoms with E-state index in [1.165, 1.54) is 25.1 Å². The van der Waals surface area contributed by atoms with E-state index in [0.717, 1.165) is 17.3 Å². The van der Waals surface area contributed by atoms with Crippen molar-refractivity contribution in [1.82, 2.24) is 9.97 Å². The Balaban J connectivity index is 0.000000206. The number of benzene rings is 2. The highest BCUT2D eigenvalue weighted by Crippen LogP contribution is 2.31. The molecule has 0 aliphatic rings. The number of carbonyl (C=O) groups excluding carboxylic acids is 2. The maximum absolute atomic E-state index is 13.8. The van der Waals surface area contributed by atoms with Gasteiger partial charge in [0.15, 0.2) is 0 Å². The monoisotopic (exact) mass is 526 g/mol. The first-order valence-electron chi connectivity index (χ1n) is 11.3. The van der Waals surface area contributed by atoms with E-state index in [9.17, 15) is 18.4 Å². The molecule has 1 atom stereocenters. The molecule has 0 fully saturated rings. The van der Waals surface area contributed by atoms with Gasteiger partial charge in [-0.2, -0.15) is 0 Å². The van der Waals surface area contributed by atoms with Crippen molar-refractivity contribution in [1.29, 1.82) is 0 Å². The van der Waals surface area contributed by atoms with Crippen molar-refractivity contribution in [3.05, 3.63) is 83.0 Å². The Bertz CT molecular complexity index is 1430. The number of fused-ring (bicyclic) bond motifs is 1. The first-order valence-corrected chi connectivity index (χ1v) is 11.7. The van der Waals surface area contributed by atoms with Crippen LogP contribution in [0.15, 0.2) is 60.8 Å². The molecule has 0 saturated carbocycles. The zero-order valence-electron chi connectivity index (χ0n) is 20.4. The molecule has 0 radical (unpaired) electrons. The van der Waals surface area contributed by atoms with Gasteiger partial charge in [-0.3, -0.25) is 14.6 Å². The molecule has 0 spiro atoms. The fraction of sp³-hybridized carbons (Fsp3) is 0.185. The summed E-state index contributed by atoms with van der Waals surface area (Å²) in [5.74, 6) is -3.13. The summed E-state index contributed by atoms with van der Waals surface area (Å²) in [6.45, 7) is 5.10. The average Bonchev–Trinajstić information content (AvgIpc) is 2.89. The zero-order chi connectivity index (χ0) is 27.1. The number of pyridine rings is 2. The van der Waals surface area contributed by atoms with Gasteiger partial charge >= 0.3 is 5.97 Å². The molecule has 2 aromatic heterocycles. The van der Waals surface area contributed by atoms with Crippen molar-refractivity contribution >= 4 is 45.8 Å². The summed E-state index contributed by atoms with van der Waals surface area (Å²) in [6, 6.07) is 14.2. The summed E-state index contributed by atoms with van der Waals surface area (Å²) in [5.41, 5.74) is 9.42. The minimum Gasteiger partial charge on any atom is -0.465 e. The Morgan fingerprint density at radius 2 is 1.86 bits per heavy atom. The van der Waals surface area contributed by atoms with Crippen LogP contribution < -0.4 is 11.1 Å². The maximum Gasteiger partial charge on any atom is 0.318 e. The molecule has 0 aliphatic carbocycles. The number of aromatic nitrogens is 2. The molecule has 192 valence electrons. The van der Waals surface area contributed by atoms with Gasteiger partial charge in [-0.05, 0) is 63.2 Å². The molecule has 2 aromatic carbocycles. The minimum atomic E-state index is -0.955. The molecule has 3 N–H and O–H groups in total. The molecule has 2 heterocycles. The number of nitrogens with one attached hydrogen (secondary N) is 1. The van der Waals surface area contributed by atoms with E-state index in [0.29, 0.717) is 22.3 Å². The van der Waals surface area contributed by atoms with Crippen LogP contribution in [0.2, 0.25) is 5.02 Å². The Morgan fingerprint density at radius 3 is 2.51 bits per heavy atom. The third kappa shape index (κ3) is 6.56. The van der Waals surface area contributed by atoms with Crippen molar-refractivity contribution < 1.29 is 23.1 Å². The van der Waals surface area contributed by atoms with Crippen molar-refractivity contribution in [2.24, 2.45) is 5.92 Å². The molecule has 0 saturated heterocycles. The highest BCUT2D eigenvalue weighted by Gasteiger charge is 2.23. The summed E-state index contributed by atoms with van der Waals surface area (Å²) in [6.07, 6.45) is 1.70. The predicted octanol–water partition coefficient (Wildman–Crippen LogP) is 5.94. The molecule has 7 nitrogen and oxygen atoms in total. The van der Waals surface area contributed by atoms with Crippen molar-refractivity contribution in [3.63, 3.8) is 0 Å². The standard InChI is InChI=1S/C15H12FN3.C12H13ClFNO3/c1-9-14(17)13-10(16)5-4-7-11(13)19-15(9)12-6-2-3-8-18-12;1-3-18-12(17)7(2)11(16)15-8-4-5-9(13)10(14)6-8/h2-8H,1H3,(H2,17,19);4-7H,3H2,1-2H3,(H,15,16). The van der Waals surface area contributed by atoms with E-state index in [4.69, 9.17) is 22.1 Å². The fourth-order valence-electron chi connectivity index (χ4n) is 3.34. The van der Waals surface area contributed by atoms with Gasteiger partial charge in [0.25, 0.3) is 0 Å². The van der Waals surface area contributed by atoms with Crippen LogP contribution in [0.4, 0.5) is 20.2 Å². The number of nitrogen functional groups attached to an aromatic ring is 1. The van der Waals surface area contributed by atoms with Crippen LogP contribution in [-0.2, 0) is 14.3 Å². The second kappa shape index (κ2) is 12.2. The Labute approximate surface area is 217 Å². The second-order valence-corrected chi connectivity index (χ2v) is 8.35. The van der Waals surface area contributed by atoms with Crippen LogP contribution in [0.25, 0.3) is 22.3 Å². The lowest BCUT2D eigenvalue weighted by atomic mass is 10.0. The smallest absolute Gasteiger partial charge is 0.318 e. The number of halogens is 3. The van der Waals surface area contributed by atoms with Gasteiger partial charge in [-0.15, -0.1) is 0 Å². The summed E-state index contributed by atoms with van der Waals surface area (Å²) in [5, 5.41) is 2.75. The maximum atomic E-state index is 13.8. The Morgan fingerprint density at radius 1 is 1.11 bits per heavy atom. The number of rotatable bonds is 5. The zero-order valence-corrected chi connectivity index (χ0v) is 21.1. The van der Waals surface area contributed by atoms with Crippen molar-refractivity contribution in [2.75, 3.05) is 17.7 Å². The van der Waals surface area contributed by atoms with Crippen molar-refractivity contribution in [2.45, 2.75) is 20.8 Å². The minimum absolute atomic E-state index is 0.0357. The van der Waals surface area contributed by atoms with E-state index >= 15 is 0 Å². The lowest BCUT2D eigenvalue weighted by molar-refractivity contribution is -0.150. The highest BCUT2D eigenvalue weighted by atomic mass is 35.5. The van der Waals surface area contributed by atoms with Crippen LogP contribution in [-0.4, -0.2) is 28.5 Å². The van der Waals surface area contributed by atoms with E-state index in [2.05, 4.69) is 15.3 Å². The van der Waals surface area contributed by atoms with Crippen LogP contribution >= 0.6 is 11.6 Å². The lowest BCUT2D eigenvalue weighted by Crippen LogP contribution is -2.28. The van der Waals surface area contributed by atoms with Gasteiger partial charge in [0.1, 0.15) is 17.6 Å². The van der Waals surface area contributed by atoms with Gasteiger partial charge in [-0.25, -0.2) is 13.8 Å². The molecular weight excluding hydrogens is 502 g/mol. The summed E-state index contributed by atoms with van der Waals surface area (Å²) >= 11 is 5.51. The normalized spacial score (nSPS) is 11.3. The van der Waals surface area contributed by atoms with E-state index in [-0.39, 0.29) is 23.1 Å². The number of hydrogen-bond donors (Lipinski definition) is 2. The number of nitrogens with two attached hydrogens (primary N) is 1. The first-order chi connectivity index (χ1) is 17.6. The molecule has 1 amide bonds. The number of amides is 1. The Kier molecular flexibility index (Phi) is 9.08. The quantitative estimate of drug-likeness (QED) is 0.246. The van der Waals surface area contributed by atoms with Gasteiger partial charge < -0.3 is 15.8 Å². The average molecular weight is 527 g/mol. The van der Waals surface area contributed by atoms with E-state index in [1.807, 2.05) is 25.1 Å².